The van der Waals surface area contributed by atoms with Crippen molar-refractivity contribution in [2.75, 3.05) is 23.3 Å². The van der Waals surface area contributed by atoms with Crippen LogP contribution < -0.4 is 10.2 Å². The highest BCUT2D eigenvalue weighted by Gasteiger charge is 2.21. The summed E-state index contributed by atoms with van der Waals surface area (Å²) in [7, 11) is 0. The SMILES string of the molecule is Cc1c(CNc2ccc(CCC=O)c(F)c2)ccc2c1N(CC(C)C)CCC2. The number of halogens is 1. The zero-order valence-corrected chi connectivity index (χ0v) is 17.2. The van der Waals surface area contributed by atoms with Gasteiger partial charge in [0.15, 0.2) is 0 Å². The largest absolute Gasteiger partial charge is 0.381 e. The maximum atomic E-state index is 14.2. The number of carbonyl (C=O) groups excluding carboxylic acids is 1. The smallest absolute Gasteiger partial charge is 0.128 e. The lowest BCUT2D eigenvalue weighted by molar-refractivity contribution is -0.107. The molecule has 1 aliphatic rings. The van der Waals surface area contributed by atoms with Crippen molar-refractivity contribution in [1.29, 1.82) is 0 Å². The van der Waals surface area contributed by atoms with Gasteiger partial charge in [-0.1, -0.05) is 32.0 Å². The van der Waals surface area contributed by atoms with E-state index in [9.17, 15) is 9.18 Å². The summed E-state index contributed by atoms with van der Waals surface area (Å²) >= 11 is 0. The molecule has 1 aliphatic heterocycles. The number of anilines is 2. The van der Waals surface area contributed by atoms with E-state index in [1.54, 1.807) is 6.07 Å². The fourth-order valence-corrected chi connectivity index (χ4v) is 4.10. The molecule has 150 valence electrons. The first-order valence-electron chi connectivity index (χ1n) is 10.3. The maximum absolute atomic E-state index is 14.2. The van der Waals surface area contributed by atoms with Crippen molar-refractivity contribution in [3.63, 3.8) is 0 Å². The summed E-state index contributed by atoms with van der Waals surface area (Å²) in [6.07, 6.45) is 3.99. The van der Waals surface area contributed by atoms with Crippen LogP contribution in [-0.2, 0) is 24.2 Å². The van der Waals surface area contributed by atoms with Gasteiger partial charge in [0.05, 0.1) is 0 Å². The predicted molar refractivity (Wildman–Crippen MR) is 115 cm³/mol. The van der Waals surface area contributed by atoms with Gasteiger partial charge in [-0.05, 0) is 66.5 Å². The van der Waals surface area contributed by atoms with Gasteiger partial charge in [-0.15, -0.1) is 0 Å². The van der Waals surface area contributed by atoms with Crippen molar-refractivity contribution >= 4 is 17.7 Å². The van der Waals surface area contributed by atoms with E-state index in [0.29, 0.717) is 30.9 Å². The molecule has 1 heterocycles. The summed E-state index contributed by atoms with van der Waals surface area (Å²) in [6, 6.07) is 9.65. The molecule has 0 amide bonds. The molecule has 0 radical (unpaired) electrons. The molecule has 1 N–H and O–H groups in total. The molecule has 4 heteroatoms. The number of nitrogens with one attached hydrogen (secondary N) is 1. The highest BCUT2D eigenvalue weighted by molar-refractivity contribution is 5.64. The summed E-state index contributed by atoms with van der Waals surface area (Å²) in [4.78, 5) is 13.0. The van der Waals surface area contributed by atoms with Crippen LogP contribution in [0.25, 0.3) is 0 Å². The zero-order valence-electron chi connectivity index (χ0n) is 17.2. The molecule has 2 aromatic carbocycles. The number of hydrogen-bond acceptors (Lipinski definition) is 3. The van der Waals surface area contributed by atoms with E-state index in [2.05, 4.69) is 43.1 Å². The zero-order chi connectivity index (χ0) is 20.1. The Labute approximate surface area is 167 Å². The first-order valence-corrected chi connectivity index (χ1v) is 10.3. The first-order chi connectivity index (χ1) is 13.5. The summed E-state index contributed by atoms with van der Waals surface area (Å²) < 4.78 is 14.2. The molecule has 3 rings (SSSR count). The van der Waals surface area contributed by atoms with E-state index < -0.39 is 0 Å². The van der Waals surface area contributed by atoms with Gasteiger partial charge in [0.2, 0.25) is 0 Å². The summed E-state index contributed by atoms with van der Waals surface area (Å²) in [5.74, 6) is 0.380. The first kappa shape index (κ1) is 20.4. The van der Waals surface area contributed by atoms with Crippen molar-refractivity contribution in [3.05, 3.63) is 58.4 Å². The van der Waals surface area contributed by atoms with E-state index in [0.717, 1.165) is 31.5 Å². The summed E-state index contributed by atoms with van der Waals surface area (Å²) in [5.41, 5.74) is 6.78. The van der Waals surface area contributed by atoms with Crippen molar-refractivity contribution in [2.24, 2.45) is 5.92 Å². The van der Waals surface area contributed by atoms with Crippen LogP contribution in [0.5, 0.6) is 0 Å². The lowest BCUT2D eigenvalue weighted by atomic mass is 9.94. The van der Waals surface area contributed by atoms with Gasteiger partial charge >= 0.3 is 0 Å². The van der Waals surface area contributed by atoms with Gasteiger partial charge in [0.1, 0.15) is 12.1 Å². The van der Waals surface area contributed by atoms with Crippen LogP contribution in [0.15, 0.2) is 30.3 Å². The third-order valence-corrected chi connectivity index (χ3v) is 5.47. The number of carbonyl (C=O) groups is 1. The molecule has 0 bridgehead atoms. The molecule has 0 aliphatic carbocycles. The minimum atomic E-state index is -0.253. The summed E-state index contributed by atoms with van der Waals surface area (Å²) in [5, 5.41) is 3.36. The van der Waals surface area contributed by atoms with Crippen LogP contribution in [0.2, 0.25) is 0 Å². The molecule has 0 fully saturated rings. The molecule has 2 aromatic rings. The van der Waals surface area contributed by atoms with E-state index in [1.165, 1.54) is 34.9 Å². The van der Waals surface area contributed by atoms with Gasteiger partial charge in [-0.25, -0.2) is 4.39 Å². The average molecular weight is 383 g/mol. The van der Waals surface area contributed by atoms with Crippen LogP contribution in [0.1, 0.15) is 48.9 Å². The number of benzene rings is 2. The van der Waals surface area contributed by atoms with Crippen molar-refractivity contribution < 1.29 is 9.18 Å². The fourth-order valence-electron chi connectivity index (χ4n) is 4.10. The van der Waals surface area contributed by atoms with Crippen molar-refractivity contribution in [1.82, 2.24) is 0 Å². The Balaban J connectivity index is 1.75. The normalized spacial score (nSPS) is 13.5. The number of nitrogens with zero attached hydrogens (tertiary/aromatic N) is 1. The number of fused-ring (bicyclic) bond motifs is 1. The second-order valence-electron chi connectivity index (χ2n) is 8.17. The molecule has 0 spiro atoms. The molecule has 0 saturated carbocycles. The molecule has 3 nitrogen and oxygen atoms in total. The second-order valence-corrected chi connectivity index (χ2v) is 8.17. The number of rotatable bonds is 8. The lowest BCUT2D eigenvalue weighted by Gasteiger charge is -2.35. The van der Waals surface area contributed by atoms with Gasteiger partial charge < -0.3 is 15.0 Å². The Morgan fingerprint density at radius 1 is 1.21 bits per heavy atom. The Bertz CT molecular complexity index is 832. The fraction of sp³-hybridized carbons (Fsp3) is 0.458. The average Bonchev–Trinajstić information content (AvgIpc) is 2.66. The summed E-state index contributed by atoms with van der Waals surface area (Å²) in [6.45, 7) is 9.61. The highest BCUT2D eigenvalue weighted by atomic mass is 19.1. The van der Waals surface area contributed by atoms with E-state index in [1.807, 2.05) is 6.07 Å². The van der Waals surface area contributed by atoms with Crippen LogP contribution in [0.4, 0.5) is 15.8 Å². The molecule has 28 heavy (non-hydrogen) atoms. The van der Waals surface area contributed by atoms with Crippen LogP contribution in [-0.4, -0.2) is 19.4 Å². The molecule has 0 saturated heterocycles. The van der Waals surface area contributed by atoms with Crippen LogP contribution in [0.3, 0.4) is 0 Å². The van der Waals surface area contributed by atoms with Crippen LogP contribution in [0, 0.1) is 18.7 Å². The Morgan fingerprint density at radius 3 is 2.71 bits per heavy atom. The van der Waals surface area contributed by atoms with Crippen molar-refractivity contribution in [3.8, 4) is 0 Å². The molecule has 0 unspecified atom stereocenters. The van der Waals surface area contributed by atoms with Gasteiger partial charge in [0.25, 0.3) is 0 Å². The number of aryl methyl sites for hydroxylation is 2. The maximum Gasteiger partial charge on any atom is 0.128 e. The topological polar surface area (TPSA) is 32.3 Å². The molecule has 0 atom stereocenters. The van der Waals surface area contributed by atoms with E-state index in [-0.39, 0.29) is 5.82 Å². The highest BCUT2D eigenvalue weighted by Crippen LogP contribution is 2.33. The standard InChI is InChI=1S/C24H31FN2O/c1-17(2)16-27-12-4-6-20-8-9-21(18(3)24(20)27)15-26-22-11-10-19(7-5-13-28)23(25)14-22/h8-11,13-14,17,26H,4-7,12,15-16H2,1-3H3. The third kappa shape index (κ3) is 4.73. The number of hydrogen-bond donors (Lipinski definition) is 1. The Hall–Kier alpha value is -2.36. The molecule has 0 aromatic heterocycles. The lowest BCUT2D eigenvalue weighted by Crippen LogP contribution is -2.33. The Morgan fingerprint density at radius 2 is 2.00 bits per heavy atom. The Kier molecular flexibility index (Phi) is 6.71. The van der Waals surface area contributed by atoms with Crippen molar-refractivity contribution in [2.45, 2.75) is 53.0 Å². The minimum Gasteiger partial charge on any atom is -0.381 e. The third-order valence-electron chi connectivity index (χ3n) is 5.47. The quantitative estimate of drug-likeness (QED) is 0.630. The van der Waals surface area contributed by atoms with E-state index in [4.69, 9.17) is 0 Å². The number of aldehydes is 1. The molecular weight excluding hydrogens is 351 g/mol. The van der Waals surface area contributed by atoms with Gasteiger partial charge in [0, 0.05) is 37.4 Å². The minimum absolute atomic E-state index is 0.253. The van der Waals surface area contributed by atoms with E-state index >= 15 is 0 Å². The van der Waals surface area contributed by atoms with Gasteiger partial charge in [-0.2, -0.15) is 0 Å². The second kappa shape index (κ2) is 9.22. The molecular formula is C24H31FN2O. The predicted octanol–water partition coefficient (Wildman–Crippen LogP) is 5.29. The van der Waals surface area contributed by atoms with Gasteiger partial charge in [-0.3, -0.25) is 0 Å². The monoisotopic (exact) mass is 382 g/mol. The van der Waals surface area contributed by atoms with Crippen LogP contribution >= 0.6 is 0 Å².